The van der Waals surface area contributed by atoms with Gasteiger partial charge in [0.25, 0.3) is 0 Å². The Balaban J connectivity index is 1.40. The van der Waals surface area contributed by atoms with Gasteiger partial charge in [-0.05, 0) is 42.1 Å². The first-order valence-electron chi connectivity index (χ1n) is 7.93. The molecule has 134 valence electrons. The lowest BCUT2D eigenvalue weighted by Gasteiger charge is -2.09. The molecule has 0 aliphatic rings. The molecule has 0 atom stereocenters. The zero-order valence-corrected chi connectivity index (χ0v) is 15.6. The molecule has 0 saturated heterocycles. The number of nitrogens with zero attached hydrogens (tertiary/aromatic N) is 2. The minimum Gasteiger partial charge on any atom is -0.475 e. The van der Waals surface area contributed by atoms with Gasteiger partial charge >= 0.3 is 6.03 Å². The molecule has 2 N–H and O–H groups in total. The molecule has 0 bridgehead atoms. The van der Waals surface area contributed by atoms with Gasteiger partial charge in [-0.15, -0.1) is 21.5 Å². The number of hydrogen-bond donors (Lipinski definition) is 2. The van der Waals surface area contributed by atoms with E-state index in [1.54, 1.807) is 29.5 Å². The van der Waals surface area contributed by atoms with Crippen molar-refractivity contribution in [1.82, 2.24) is 15.5 Å². The number of nitrogens with one attached hydrogen (secondary N) is 2. The van der Waals surface area contributed by atoms with E-state index >= 15 is 0 Å². The molecule has 0 spiro atoms. The highest BCUT2D eigenvalue weighted by Crippen LogP contribution is 2.22. The minimum atomic E-state index is -0.326. The lowest BCUT2D eigenvalue weighted by atomic mass is 10.2. The fourth-order valence-corrected chi connectivity index (χ4v) is 2.99. The van der Waals surface area contributed by atoms with E-state index in [4.69, 9.17) is 16.3 Å². The van der Waals surface area contributed by atoms with Crippen LogP contribution < -0.4 is 15.4 Å². The number of urea groups is 1. The molecule has 0 unspecified atom stereocenters. The second-order valence-electron chi connectivity index (χ2n) is 5.43. The van der Waals surface area contributed by atoms with E-state index < -0.39 is 0 Å². The Hall–Kier alpha value is -2.64. The maximum absolute atomic E-state index is 11.8. The van der Waals surface area contributed by atoms with Gasteiger partial charge in [-0.2, -0.15) is 0 Å². The van der Waals surface area contributed by atoms with E-state index in [9.17, 15) is 4.79 Å². The summed E-state index contributed by atoms with van der Waals surface area (Å²) >= 11 is 7.63. The number of hydrogen-bond acceptors (Lipinski definition) is 5. The zero-order chi connectivity index (χ0) is 18.4. The molecule has 2 aromatic heterocycles. The number of amides is 2. The van der Waals surface area contributed by atoms with Crippen molar-refractivity contribution in [3.8, 4) is 16.5 Å². The van der Waals surface area contributed by atoms with E-state index in [1.807, 2.05) is 36.6 Å². The normalized spacial score (nSPS) is 10.4. The molecule has 0 radical (unpaired) electrons. The molecule has 0 aliphatic heterocycles. The molecule has 0 fully saturated rings. The second-order valence-corrected chi connectivity index (χ2v) is 6.78. The molecule has 6 nitrogen and oxygen atoms in total. The number of aromatic nitrogens is 2. The summed E-state index contributed by atoms with van der Waals surface area (Å²) in [4.78, 5) is 12.9. The number of aryl methyl sites for hydroxylation is 1. The SMILES string of the molecule is Cc1ccc(NC(=O)NCCOc2ccc(-c3cccs3)nn2)cc1Cl. The molecule has 0 saturated carbocycles. The van der Waals surface area contributed by atoms with Gasteiger partial charge in [-0.25, -0.2) is 4.79 Å². The average Bonchev–Trinajstić information content (AvgIpc) is 3.17. The van der Waals surface area contributed by atoms with Crippen molar-refractivity contribution in [2.45, 2.75) is 6.92 Å². The van der Waals surface area contributed by atoms with Crippen LogP contribution in [0.2, 0.25) is 5.02 Å². The Kier molecular flexibility index (Phi) is 6.04. The fraction of sp³-hybridized carbons (Fsp3) is 0.167. The van der Waals surface area contributed by atoms with Crippen LogP contribution in [-0.2, 0) is 0 Å². The first kappa shape index (κ1) is 18.2. The largest absolute Gasteiger partial charge is 0.475 e. The van der Waals surface area contributed by atoms with E-state index in [1.165, 1.54) is 0 Å². The van der Waals surface area contributed by atoms with Gasteiger partial charge in [0.15, 0.2) is 0 Å². The quantitative estimate of drug-likeness (QED) is 0.615. The van der Waals surface area contributed by atoms with E-state index in [2.05, 4.69) is 20.8 Å². The Labute approximate surface area is 160 Å². The highest BCUT2D eigenvalue weighted by molar-refractivity contribution is 7.13. The molecule has 2 heterocycles. The molecule has 3 aromatic rings. The second kappa shape index (κ2) is 8.64. The fourth-order valence-electron chi connectivity index (χ4n) is 2.12. The van der Waals surface area contributed by atoms with Crippen LogP contribution in [0, 0.1) is 6.92 Å². The molecule has 1 aromatic carbocycles. The monoisotopic (exact) mass is 388 g/mol. The lowest BCUT2D eigenvalue weighted by Crippen LogP contribution is -2.32. The van der Waals surface area contributed by atoms with Crippen LogP contribution in [0.4, 0.5) is 10.5 Å². The lowest BCUT2D eigenvalue weighted by molar-refractivity contribution is 0.246. The summed E-state index contributed by atoms with van der Waals surface area (Å²) in [5.74, 6) is 0.415. The van der Waals surface area contributed by atoms with Crippen LogP contribution in [0.1, 0.15) is 5.56 Å². The van der Waals surface area contributed by atoms with Crippen LogP contribution in [0.15, 0.2) is 47.8 Å². The van der Waals surface area contributed by atoms with Gasteiger partial charge in [-0.3, -0.25) is 0 Å². The average molecular weight is 389 g/mol. The summed E-state index contributed by atoms with van der Waals surface area (Å²) in [6.45, 7) is 2.52. The highest BCUT2D eigenvalue weighted by atomic mass is 35.5. The van der Waals surface area contributed by atoms with Crippen LogP contribution in [0.5, 0.6) is 5.88 Å². The number of rotatable bonds is 6. The first-order chi connectivity index (χ1) is 12.6. The van der Waals surface area contributed by atoms with E-state index in [0.29, 0.717) is 23.1 Å². The van der Waals surface area contributed by atoms with Crippen molar-refractivity contribution in [1.29, 1.82) is 0 Å². The van der Waals surface area contributed by atoms with Crippen LogP contribution in [-0.4, -0.2) is 29.4 Å². The van der Waals surface area contributed by atoms with E-state index in [-0.39, 0.29) is 12.6 Å². The first-order valence-corrected chi connectivity index (χ1v) is 9.19. The molecule has 3 rings (SSSR count). The van der Waals surface area contributed by atoms with Crippen molar-refractivity contribution < 1.29 is 9.53 Å². The Morgan fingerprint density at radius 2 is 2.12 bits per heavy atom. The van der Waals surface area contributed by atoms with Gasteiger partial charge < -0.3 is 15.4 Å². The number of benzene rings is 1. The molecule has 26 heavy (non-hydrogen) atoms. The van der Waals surface area contributed by atoms with Gasteiger partial charge in [0.1, 0.15) is 12.3 Å². The van der Waals surface area contributed by atoms with Crippen LogP contribution in [0.25, 0.3) is 10.6 Å². The maximum Gasteiger partial charge on any atom is 0.319 e. The van der Waals surface area contributed by atoms with Gasteiger partial charge in [0.05, 0.1) is 11.4 Å². The summed E-state index contributed by atoms with van der Waals surface area (Å²) in [5, 5.41) is 16.2. The third-order valence-electron chi connectivity index (χ3n) is 3.48. The third kappa shape index (κ3) is 4.93. The van der Waals surface area contributed by atoms with Crippen molar-refractivity contribution in [3.05, 3.63) is 58.4 Å². The molecular weight excluding hydrogens is 372 g/mol. The topological polar surface area (TPSA) is 76.1 Å². The van der Waals surface area contributed by atoms with Crippen molar-refractivity contribution in [3.63, 3.8) is 0 Å². The highest BCUT2D eigenvalue weighted by Gasteiger charge is 2.05. The molecule has 0 aliphatic carbocycles. The number of halogens is 1. The summed E-state index contributed by atoms with van der Waals surface area (Å²) in [5.41, 5.74) is 2.40. The van der Waals surface area contributed by atoms with Gasteiger partial charge in [0.2, 0.25) is 5.88 Å². The van der Waals surface area contributed by atoms with Crippen LogP contribution >= 0.6 is 22.9 Å². The summed E-state index contributed by atoms with van der Waals surface area (Å²) in [6, 6.07) is 12.6. The summed E-state index contributed by atoms with van der Waals surface area (Å²) in [7, 11) is 0. The Bertz CT molecular complexity index is 869. The molecule has 8 heteroatoms. The number of carbonyl (C=O) groups is 1. The zero-order valence-electron chi connectivity index (χ0n) is 14.0. The van der Waals surface area contributed by atoms with Gasteiger partial charge in [-0.1, -0.05) is 23.7 Å². The Morgan fingerprint density at radius 3 is 2.81 bits per heavy atom. The van der Waals surface area contributed by atoms with Crippen molar-refractivity contribution >= 4 is 34.7 Å². The summed E-state index contributed by atoms with van der Waals surface area (Å²) in [6.07, 6.45) is 0. The standard InChI is InChI=1S/C18H17ClN4O2S/c1-12-4-5-13(11-14(12)19)21-18(24)20-8-9-25-17-7-6-15(22-23-17)16-3-2-10-26-16/h2-7,10-11H,8-9H2,1H3,(H2,20,21,24). The molecular formula is C18H17ClN4O2S. The smallest absolute Gasteiger partial charge is 0.319 e. The van der Waals surface area contributed by atoms with Gasteiger partial charge in [0, 0.05) is 16.8 Å². The predicted molar refractivity (Wildman–Crippen MR) is 104 cm³/mol. The third-order valence-corrected chi connectivity index (χ3v) is 4.78. The molecule has 2 amide bonds. The minimum absolute atomic E-state index is 0.287. The van der Waals surface area contributed by atoms with Crippen LogP contribution in [0.3, 0.4) is 0 Å². The number of carbonyl (C=O) groups excluding carboxylic acids is 1. The van der Waals surface area contributed by atoms with E-state index in [0.717, 1.165) is 16.1 Å². The predicted octanol–water partition coefficient (Wildman–Crippen LogP) is 4.37. The number of anilines is 1. The summed E-state index contributed by atoms with van der Waals surface area (Å²) < 4.78 is 5.48. The Morgan fingerprint density at radius 1 is 1.23 bits per heavy atom. The maximum atomic E-state index is 11.8. The van der Waals surface area contributed by atoms with Crippen molar-refractivity contribution in [2.24, 2.45) is 0 Å². The van der Waals surface area contributed by atoms with Crippen molar-refractivity contribution in [2.75, 3.05) is 18.5 Å². The number of thiophene rings is 1. The number of ether oxygens (including phenoxy) is 1.